The van der Waals surface area contributed by atoms with Crippen molar-refractivity contribution in [2.24, 2.45) is 5.73 Å². The monoisotopic (exact) mass is 472 g/mol. The number of rotatable bonds is 13. The normalized spacial score (nSPS) is 13.5. The van der Waals surface area contributed by atoms with Crippen LogP contribution in [-0.4, -0.2) is 76.3 Å². The van der Waals surface area contributed by atoms with Crippen LogP contribution in [0.15, 0.2) is 24.3 Å². The minimum Gasteiger partial charge on any atom is -0.508 e. The lowest BCUT2D eigenvalue weighted by atomic mass is 10.1. The van der Waals surface area contributed by atoms with Crippen molar-refractivity contribution in [1.82, 2.24) is 16.0 Å². The van der Waals surface area contributed by atoms with Crippen molar-refractivity contribution in [3.05, 3.63) is 29.8 Å². The molecule has 1 aromatic rings. The number of thiol groups is 1. The Morgan fingerprint density at radius 2 is 1.74 bits per heavy atom. The second-order valence-corrected chi connectivity index (χ2v) is 8.03. The molecule has 3 amide bonds. The van der Waals surface area contributed by atoms with E-state index >= 15 is 0 Å². The second-order valence-electron chi connectivity index (χ2n) is 6.68. The predicted molar refractivity (Wildman–Crippen MR) is 121 cm³/mol. The Labute approximate surface area is 190 Å². The molecule has 3 atom stereocenters. The van der Waals surface area contributed by atoms with E-state index < -0.39 is 48.4 Å². The highest BCUT2D eigenvalue weighted by atomic mass is 32.2. The maximum absolute atomic E-state index is 12.3. The van der Waals surface area contributed by atoms with Crippen LogP contribution in [-0.2, 0) is 25.6 Å². The molecule has 0 heterocycles. The van der Waals surface area contributed by atoms with Crippen LogP contribution < -0.4 is 21.7 Å². The Hall–Kier alpha value is -2.44. The van der Waals surface area contributed by atoms with Crippen molar-refractivity contribution in [2.75, 3.05) is 24.3 Å². The van der Waals surface area contributed by atoms with Crippen LogP contribution in [0, 0.1) is 0 Å². The van der Waals surface area contributed by atoms with Crippen molar-refractivity contribution in [1.29, 1.82) is 0 Å². The Morgan fingerprint density at radius 3 is 2.29 bits per heavy atom. The molecule has 0 aliphatic carbocycles. The van der Waals surface area contributed by atoms with Gasteiger partial charge in [0.15, 0.2) is 0 Å². The third-order valence-corrected chi connectivity index (χ3v) is 5.22. The molecule has 12 heteroatoms. The molecule has 7 N–H and O–H groups in total. The van der Waals surface area contributed by atoms with E-state index in [9.17, 15) is 29.4 Å². The molecule has 1 aromatic carbocycles. The fourth-order valence-electron chi connectivity index (χ4n) is 2.48. The zero-order chi connectivity index (χ0) is 23.4. The van der Waals surface area contributed by atoms with Gasteiger partial charge < -0.3 is 31.9 Å². The van der Waals surface area contributed by atoms with Gasteiger partial charge in [0.1, 0.15) is 17.8 Å². The Bertz CT molecular complexity index is 762. The molecule has 0 spiro atoms. The average Bonchev–Trinajstić information content (AvgIpc) is 2.74. The molecule has 0 fully saturated rings. The Balaban J connectivity index is 2.50. The van der Waals surface area contributed by atoms with Crippen LogP contribution in [0.1, 0.15) is 12.0 Å². The van der Waals surface area contributed by atoms with Gasteiger partial charge in [-0.1, -0.05) is 12.1 Å². The maximum Gasteiger partial charge on any atom is 0.326 e. The zero-order valence-corrected chi connectivity index (χ0v) is 18.7. The Morgan fingerprint density at radius 1 is 1.10 bits per heavy atom. The fraction of sp³-hybridized carbons (Fsp3) is 0.474. The number of aromatic hydroxyl groups is 1. The number of hydrogen-bond acceptors (Lipinski definition) is 8. The number of hydrogen-bond donors (Lipinski definition) is 7. The first-order chi connectivity index (χ1) is 14.7. The first-order valence-electron chi connectivity index (χ1n) is 9.41. The minimum atomic E-state index is -1.17. The number of nitrogens with one attached hydrogen (secondary N) is 3. The van der Waals surface area contributed by atoms with Crippen molar-refractivity contribution < 1.29 is 29.4 Å². The SMILES string of the molecule is CSCCC(NC(=O)C(CS)NC(=O)CNC(=O)C(N)Cc1ccc(O)cc1)C(=O)O. The lowest BCUT2D eigenvalue weighted by Gasteiger charge is -2.20. The fourth-order valence-corrected chi connectivity index (χ4v) is 3.21. The van der Waals surface area contributed by atoms with E-state index in [-0.39, 0.29) is 24.3 Å². The van der Waals surface area contributed by atoms with Gasteiger partial charge in [0.25, 0.3) is 0 Å². The van der Waals surface area contributed by atoms with Crippen molar-refractivity contribution in [2.45, 2.75) is 31.0 Å². The lowest BCUT2D eigenvalue weighted by Crippen LogP contribution is -2.54. The summed E-state index contributed by atoms with van der Waals surface area (Å²) in [6.07, 6.45) is 2.27. The van der Waals surface area contributed by atoms with Crippen LogP contribution in [0.3, 0.4) is 0 Å². The predicted octanol–water partition coefficient (Wildman–Crippen LogP) is -0.885. The van der Waals surface area contributed by atoms with Crippen LogP contribution in [0.5, 0.6) is 5.75 Å². The number of aliphatic carboxylic acids is 1. The molecule has 0 bridgehead atoms. The second kappa shape index (κ2) is 13.8. The molecule has 31 heavy (non-hydrogen) atoms. The summed E-state index contributed by atoms with van der Waals surface area (Å²) in [6.45, 7) is -0.408. The van der Waals surface area contributed by atoms with Gasteiger partial charge in [-0.2, -0.15) is 24.4 Å². The molecule has 10 nitrogen and oxygen atoms in total. The molecular weight excluding hydrogens is 444 g/mol. The molecular formula is C19H28N4O6S2. The maximum atomic E-state index is 12.3. The zero-order valence-electron chi connectivity index (χ0n) is 17.0. The number of thioether (sulfide) groups is 1. The summed E-state index contributed by atoms with van der Waals surface area (Å²) >= 11 is 5.48. The van der Waals surface area contributed by atoms with Gasteiger partial charge in [-0.3, -0.25) is 14.4 Å². The highest BCUT2D eigenvalue weighted by molar-refractivity contribution is 7.98. The number of phenolic OH excluding ortho intramolecular Hbond substituents is 1. The molecule has 3 unspecified atom stereocenters. The van der Waals surface area contributed by atoms with Gasteiger partial charge in [0.05, 0.1) is 12.6 Å². The summed E-state index contributed by atoms with van der Waals surface area (Å²) in [5.74, 6) is -2.45. The summed E-state index contributed by atoms with van der Waals surface area (Å²) in [7, 11) is 0. The van der Waals surface area contributed by atoms with E-state index in [1.807, 2.05) is 6.26 Å². The number of carbonyl (C=O) groups is 4. The highest BCUT2D eigenvalue weighted by Crippen LogP contribution is 2.10. The Kier molecular flexibility index (Phi) is 11.8. The number of benzene rings is 1. The van der Waals surface area contributed by atoms with Gasteiger partial charge in [0, 0.05) is 5.75 Å². The minimum absolute atomic E-state index is 0.0548. The number of carboxylic acids is 1. The molecule has 172 valence electrons. The number of carboxylic acid groups (broad SMARTS) is 1. The largest absolute Gasteiger partial charge is 0.508 e. The van der Waals surface area contributed by atoms with E-state index in [0.29, 0.717) is 5.75 Å². The number of amides is 3. The molecule has 0 aromatic heterocycles. The van der Waals surface area contributed by atoms with Crippen LogP contribution >= 0.6 is 24.4 Å². The van der Waals surface area contributed by atoms with Gasteiger partial charge in [-0.05, 0) is 42.5 Å². The van der Waals surface area contributed by atoms with E-state index in [1.165, 1.54) is 23.9 Å². The van der Waals surface area contributed by atoms with Crippen molar-refractivity contribution in [3.8, 4) is 5.75 Å². The molecule has 0 saturated heterocycles. The van der Waals surface area contributed by atoms with Crippen LogP contribution in [0.4, 0.5) is 0 Å². The molecule has 0 saturated carbocycles. The summed E-state index contributed by atoms with van der Waals surface area (Å²) in [6, 6.07) is 3.18. The van der Waals surface area contributed by atoms with Crippen LogP contribution in [0.25, 0.3) is 0 Å². The number of phenols is 1. The third kappa shape index (κ3) is 9.94. The summed E-state index contributed by atoms with van der Waals surface area (Å²) in [4.78, 5) is 47.8. The lowest BCUT2D eigenvalue weighted by molar-refractivity contribution is -0.142. The third-order valence-electron chi connectivity index (χ3n) is 4.21. The topological polar surface area (TPSA) is 171 Å². The summed E-state index contributed by atoms with van der Waals surface area (Å²) < 4.78 is 0. The smallest absolute Gasteiger partial charge is 0.326 e. The first kappa shape index (κ1) is 26.6. The van der Waals surface area contributed by atoms with E-state index in [0.717, 1.165) is 5.56 Å². The average molecular weight is 473 g/mol. The number of nitrogens with two attached hydrogens (primary N) is 1. The standard InChI is InChI=1S/C19H28N4O6S2/c1-31-7-6-14(19(28)29)23-18(27)15(10-30)22-16(25)9-21-17(26)13(20)8-11-2-4-12(24)5-3-11/h2-5,13-15,24,30H,6-10,20H2,1H3,(H,21,26)(H,22,25)(H,23,27)(H,28,29). The van der Waals surface area contributed by atoms with Crippen molar-refractivity contribution >= 4 is 48.1 Å². The van der Waals surface area contributed by atoms with Crippen LogP contribution in [0.2, 0.25) is 0 Å². The number of carbonyl (C=O) groups excluding carboxylic acids is 3. The molecule has 0 aliphatic rings. The molecule has 0 radical (unpaired) electrons. The van der Waals surface area contributed by atoms with Gasteiger partial charge in [0.2, 0.25) is 17.7 Å². The quantitative estimate of drug-likeness (QED) is 0.181. The molecule has 0 aliphatic heterocycles. The summed E-state index contributed by atoms with van der Waals surface area (Å²) in [5, 5.41) is 25.7. The first-order valence-corrected chi connectivity index (χ1v) is 11.4. The van der Waals surface area contributed by atoms with E-state index in [1.54, 1.807) is 12.1 Å². The van der Waals surface area contributed by atoms with Crippen molar-refractivity contribution in [3.63, 3.8) is 0 Å². The molecule has 1 rings (SSSR count). The highest BCUT2D eigenvalue weighted by Gasteiger charge is 2.25. The van der Waals surface area contributed by atoms with Gasteiger partial charge >= 0.3 is 5.97 Å². The summed E-state index contributed by atoms with van der Waals surface area (Å²) in [5.41, 5.74) is 6.57. The van der Waals surface area contributed by atoms with Gasteiger partial charge in [-0.15, -0.1) is 0 Å². The van der Waals surface area contributed by atoms with E-state index in [2.05, 4.69) is 28.6 Å². The van der Waals surface area contributed by atoms with E-state index in [4.69, 9.17) is 5.73 Å². The van der Waals surface area contributed by atoms with Gasteiger partial charge in [-0.25, -0.2) is 4.79 Å².